The van der Waals surface area contributed by atoms with Crippen LogP contribution in [0.4, 0.5) is 4.39 Å². The predicted octanol–water partition coefficient (Wildman–Crippen LogP) is 8.04. The van der Waals surface area contributed by atoms with Crippen molar-refractivity contribution in [2.45, 2.75) is 110 Å². The molecule has 1 fully saturated rings. The molecule has 0 radical (unpaired) electrons. The van der Waals surface area contributed by atoms with Gasteiger partial charge in [-0.25, -0.2) is 4.39 Å². The number of carbonyl (C=O) groups is 2. The van der Waals surface area contributed by atoms with E-state index in [1.807, 2.05) is 17.5 Å². The van der Waals surface area contributed by atoms with E-state index in [1.165, 1.54) is 82.8 Å². The first kappa shape index (κ1) is 33.3. The second-order valence-electron chi connectivity index (χ2n) is 11.6. The van der Waals surface area contributed by atoms with Gasteiger partial charge in [0.05, 0.1) is 13.1 Å². The third-order valence-electron chi connectivity index (χ3n) is 8.12. The fraction of sp³-hybridized carbons (Fsp3) is 0.647. The first-order valence-corrected chi connectivity index (χ1v) is 17.0. The molecule has 228 valence electrons. The summed E-state index contributed by atoms with van der Waals surface area (Å²) in [5.74, 6) is -0.256. The molecular weight excluding hydrogens is 533 g/mol. The lowest BCUT2D eigenvalue weighted by Crippen LogP contribution is -2.45. The number of nitrogens with zero attached hydrogens (tertiary/aromatic N) is 3. The molecule has 1 aliphatic heterocycles. The summed E-state index contributed by atoms with van der Waals surface area (Å²) in [5, 5.41) is 2.01. The van der Waals surface area contributed by atoms with Crippen LogP contribution in [0.1, 0.15) is 107 Å². The monoisotopic (exact) mass is 585 g/mol. The number of carbonyl (C=O) groups excluding carboxylic acids is 2. The minimum atomic E-state index is -0.286. The Bertz CT molecular complexity index is 976. The van der Waals surface area contributed by atoms with E-state index in [0.29, 0.717) is 26.1 Å². The molecule has 0 saturated carbocycles. The highest BCUT2D eigenvalue weighted by atomic mass is 32.1. The maximum absolute atomic E-state index is 13.7. The van der Waals surface area contributed by atoms with Crippen LogP contribution in [0.2, 0.25) is 0 Å². The molecule has 0 aliphatic carbocycles. The fourth-order valence-electron chi connectivity index (χ4n) is 5.56. The normalized spacial score (nSPS) is 13.5. The van der Waals surface area contributed by atoms with Gasteiger partial charge in [-0.15, -0.1) is 11.3 Å². The van der Waals surface area contributed by atoms with Crippen molar-refractivity contribution in [2.24, 2.45) is 0 Å². The Morgan fingerprint density at radius 3 is 2.05 bits per heavy atom. The van der Waals surface area contributed by atoms with Crippen LogP contribution in [-0.4, -0.2) is 59.2 Å². The first-order valence-electron chi connectivity index (χ1n) is 16.1. The van der Waals surface area contributed by atoms with Gasteiger partial charge in [0.15, 0.2) is 0 Å². The van der Waals surface area contributed by atoms with Gasteiger partial charge in [-0.2, -0.15) is 0 Å². The summed E-state index contributed by atoms with van der Waals surface area (Å²) in [6, 6.07) is 10.3. The average Bonchev–Trinajstić information content (AvgIpc) is 3.69. The number of halogens is 1. The van der Waals surface area contributed by atoms with Crippen molar-refractivity contribution in [3.8, 4) is 0 Å². The molecule has 5 nitrogen and oxygen atoms in total. The van der Waals surface area contributed by atoms with Crippen molar-refractivity contribution >= 4 is 23.2 Å². The zero-order valence-electron chi connectivity index (χ0n) is 25.3. The molecule has 0 unspecified atom stereocenters. The zero-order valence-corrected chi connectivity index (χ0v) is 26.2. The molecule has 0 N–H and O–H groups in total. The van der Waals surface area contributed by atoms with Gasteiger partial charge in [-0.05, 0) is 61.5 Å². The summed E-state index contributed by atoms with van der Waals surface area (Å²) < 4.78 is 13.5. The number of unbranched alkanes of at least 4 members (excludes halogenated alkanes) is 10. The summed E-state index contributed by atoms with van der Waals surface area (Å²) in [6.45, 7) is 6.79. The SMILES string of the molecule is CCCCCCCCCCCCCC(=O)N(CCN1CCCC1)CC(=O)N(Cc1ccc(F)cc1)Cc1cccs1. The quantitative estimate of drug-likeness (QED) is 0.139. The molecule has 0 atom stereocenters. The Kier molecular flexibility index (Phi) is 16.1. The highest BCUT2D eigenvalue weighted by molar-refractivity contribution is 7.09. The molecule has 2 aromatic rings. The van der Waals surface area contributed by atoms with Gasteiger partial charge in [0.2, 0.25) is 11.8 Å². The van der Waals surface area contributed by atoms with Gasteiger partial charge in [-0.1, -0.05) is 89.3 Å². The minimum absolute atomic E-state index is 0.0589. The number of benzene rings is 1. The minimum Gasteiger partial charge on any atom is -0.332 e. The second kappa shape index (κ2) is 19.8. The standard InChI is InChI=1S/C34H52FN3O2S/c1-2-3-4-5-6-7-8-9-10-11-12-17-33(39)37(25-24-36-22-13-14-23-36)29-34(40)38(28-32-16-15-26-41-32)27-30-18-20-31(35)21-19-30/h15-16,18-21,26H,2-14,17,22-25,27-29H2,1H3. The summed E-state index contributed by atoms with van der Waals surface area (Å²) in [6.07, 6.45) is 16.7. The maximum atomic E-state index is 13.7. The molecule has 2 heterocycles. The Morgan fingerprint density at radius 2 is 1.44 bits per heavy atom. The van der Waals surface area contributed by atoms with Crippen molar-refractivity contribution in [2.75, 3.05) is 32.7 Å². The van der Waals surface area contributed by atoms with Crippen LogP contribution in [0.5, 0.6) is 0 Å². The smallest absolute Gasteiger partial charge is 0.242 e. The summed E-state index contributed by atoms with van der Waals surface area (Å²) >= 11 is 1.62. The number of likely N-dealkylation sites (tertiary alicyclic amines) is 1. The number of hydrogen-bond donors (Lipinski definition) is 0. The fourth-order valence-corrected chi connectivity index (χ4v) is 6.27. The van der Waals surface area contributed by atoms with Crippen molar-refractivity contribution in [3.63, 3.8) is 0 Å². The molecule has 41 heavy (non-hydrogen) atoms. The van der Waals surface area contributed by atoms with E-state index in [4.69, 9.17) is 0 Å². The molecule has 1 saturated heterocycles. The van der Waals surface area contributed by atoms with Gasteiger partial charge in [0.1, 0.15) is 5.82 Å². The number of amides is 2. The van der Waals surface area contributed by atoms with Crippen molar-refractivity contribution < 1.29 is 14.0 Å². The van der Waals surface area contributed by atoms with Crippen molar-refractivity contribution in [1.82, 2.24) is 14.7 Å². The van der Waals surface area contributed by atoms with E-state index in [0.717, 1.165) is 42.9 Å². The third-order valence-corrected chi connectivity index (χ3v) is 8.99. The van der Waals surface area contributed by atoms with E-state index >= 15 is 0 Å². The molecule has 7 heteroatoms. The highest BCUT2D eigenvalue weighted by Crippen LogP contribution is 2.17. The molecule has 1 aromatic carbocycles. The Balaban J connectivity index is 1.50. The summed E-state index contributed by atoms with van der Waals surface area (Å²) in [4.78, 5) is 34.1. The number of rotatable bonds is 21. The number of hydrogen-bond acceptors (Lipinski definition) is 4. The highest BCUT2D eigenvalue weighted by Gasteiger charge is 2.23. The first-order chi connectivity index (χ1) is 20.0. The van der Waals surface area contributed by atoms with E-state index in [2.05, 4.69) is 11.8 Å². The Hall–Kier alpha value is -2.25. The van der Waals surface area contributed by atoms with Crippen LogP contribution < -0.4 is 0 Å². The van der Waals surface area contributed by atoms with E-state index in [9.17, 15) is 14.0 Å². The predicted molar refractivity (Wildman–Crippen MR) is 168 cm³/mol. The lowest BCUT2D eigenvalue weighted by molar-refractivity contribution is -0.141. The molecular formula is C34H52FN3O2S. The average molecular weight is 586 g/mol. The van der Waals surface area contributed by atoms with Gasteiger partial charge in [0, 0.05) is 30.9 Å². The van der Waals surface area contributed by atoms with E-state index in [1.54, 1.807) is 33.3 Å². The third kappa shape index (κ3) is 13.5. The molecule has 0 spiro atoms. The maximum Gasteiger partial charge on any atom is 0.242 e. The van der Waals surface area contributed by atoms with Crippen LogP contribution in [0.15, 0.2) is 41.8 Å². The Labute approximate surface area is 252 Å². The van der Waals surface area contributed by atoms with Gasteiger partial charge in [-0.3, -0.25) is 9.59 Å². The van der Waals surface area contributed by atoms with Crippen LogP contribution in [0, 0.1) is 5.82 Å². The summed E-state index contributed by atoms with van der Waals surface area (Å²) in [5.41, 5.74) is 0.882. The molecule has 1 aliphatic rings. The molecule has 3 rings (SSSR count). The second-order valence-corrected chi connectivity index (χ2v) is 12.6. The van der Waals surface area contributed by atoms with Crippen molar-refractivity contribution in [3.05, 3.63) is 58.0 Å². The number of thiophene rings is 1. The van der Waals surface area contributed by atoms with Gasteiger partial charge >= 0.3 is 0 Å². The van der Waals surface area contributed by atoms with Crippen molar-refractivity contribution in [1.29, 1.82) is 0 Å². The summed E-state index contributed by atoms with van der Waals surface area (Å²) in [7, 11) is 0. The topological polar surface area (TPSA) is 43.9 Å². The molecule has 0 bridgehead atoms. The molecule has 2 amide bonds. The van der Waals surface area contributed by atoms with Crippen LogP contribution >= 0.6 is 11.3 Å². The molecule has 1 aromatic heterocycles. The van der Waals surface area contributed by atoms with Gasteiger partial charge < -0.3 is 14.7 Å². The van der Waals surface area contributed by atoms with E-state index in [-0.39, 0.29) is 24.2 Å². The van der Waals surface area contributed by atoms with E-state index < -0.39 is 0 Å². The lowest BCUT2D eigenvalue weighted by atomic mass is 10.1. The van der Waals surface area contributed by atoms with Crippen LogP contribution in [0.25, 0.3) is 0 Å². The largest absolute Gasteiger partial charge is 0.332 e. The van der Waals surface area contributed by atoms with Gasteiger partial charge in [0.25, 0.3) is 0 Å². The zero-order chi connectivity index (χ0) is 29.1. The Morgan fingerprint density at radius 1 is 0.805 bits per heavy atom. The lowest BCUT2D eigenvalue weighted by Gasteiger charge is -2.29. The van der Waals surface area contributed by atoms with Crippen LogP contribution in [-0.2, 0) is 22.7 Å². The van der Waals surface area contributed by atoms with Crippen LogP contribution in [0.3, 0.4) is 0 Å².